The summed E-state index contributed by atoms with van der Waals surface area (Å²) in [4.78, 5) is 23.4. The largest absolute Gasteiger partial charge is 0.467 e. The number of hydrogen-bond donors (Lipinski definition) is 1. The van der Waals surface area contributed by atoms with Crippen molar-refractivity contribution in [2.45, 2.75) is 19.4 Å². The molecule has 0 saturated carbocycles. The second-order valence-electron chi connectivity index (χ2n) is 4.48. The van der Waals surface area contributed by atoms with E-state index in [-0.39, 0.29) is 5.91 Å². The molecule has 0 spiro atoms. The number of rotatable bonds is 4. The van der Waals surface area contributed by atoms with Crippen molar-refractivity contribution in [3.8, 4) is 0 Å². The molecule has 0 saturated heterocycles. The Bertz CT molecular complexity index is 636. The van der Waals surface area contributed by atoms with Crippen molar-refractivity contribution in [2.24, 2.45) is 0 Å². The Kier molecular flexibility index (Phi) is 4.35. The minimum atomic E-state index is -0.767. The molecule has 1 atom stereocenters. The summed E-state index contributed by atoms with van der Waals surface area (Å²) in [5.41, 5.74) is 0.720. The number of benzene rings is 2. The summed E-state index contributed by atoms with van der Waals surface area (Å²) in [7, 11) is 1.31. The van der Waals surface area contributed by atoms with Crippen molar-refractivity contribution in [3.63, 3.8) is 0 Å². The molecule has 0 fully saturated rings. The number of methoxy groups -OCH3 is 1. The van der Waals surface area contributed by atoms with Crippen molar-refractivity contribution in [3.05, 3.63) is 48.0 Å². The number of hydrogen-bond acceptors (Lipinski definition) is 3. The normalized spacial score (nSPS) is 11.9. The molecular formula is C16H17NO3. The van der Waals surface area contributed by atoms with Crippen molar-refractivity contribution in [1.29, 1.82) is 0 Å². The van der Waals surface area contributed by atoms with Crippen LogP contribution >= 0.6 is 0 Å². The second-order valence-corrected chi connectivity index (χ2v) is 4.48. The summed E-state index contributed by atoms with van der Waals surface area (Å²) in [6, 6.07) is 12.7. The highest BCUT2D eigenvalue weighted by atomic mass is 16.5. The standard InChI is InChI=1S/C16H17NO3/c1-3-14(18)17-15(16(19)20-2)13-9-8-11-6-4-5-7-12(11)10-13/h4-10,15H,3H2,1-2H3,(H,17,18)/t15-/m1/s1. The molecule has 2 aromatic carbocycles. The Morgan fingerprint density at radius 3 is 2.50 bits per heavy atom. The maximum Gasteiger partial charge on any atom is 0.333 e. The molecule has 1 N–H and O–H groups in total. The van der Waals surface area contributed by atoms with Crippen LogP contribution in [0.5, 0.6) is 0 Å². The molecule has 1 amide bonds. The van der Waals surface area contributed by atoms with E-state index in [2.05, 4.69) is 5.32 Å². The maximum absolute atomic E-state index is 11.9. The molecule has 0 heterocycles. The Morgan fingerprint density at radius 2 is 1.85 bits per heavy atom. The van der Waals surface area contributed by atoms with Crippen LogP contribution in [0.25, 0.3) is 10.8 Å². The fraction of sp³-hybridized carbons (Fsp3) is 0.250. The van der Waals surface area contributed by atoms with Gasteiger partial charge in [-0.3, -0.25) is 4.79 Å². The Labute approximate surface area is 117 Å². The van der Waals surface area contributed by atoms with Gasteiger partial charge in [0.2, 0.25) is 5.91 Å². The number of nitrogens with one attached hydrogen (secondary N) is 1. The fourth-order valence-electron chi connectivity index (χ4n) is 2.05. The average molecular weight is 271 g/mol. The SMILES string of the molecule is CCC(=O)N[C@@H](C(=O)OC)c1ccc2ccccc2c1. The van der Waals surface area contributed by atoms with Gasteiger partial charge in [0.1, 0.15) is 0 Å². The molecule has 0 bridgehead atoms. The summed E-state index contributed by atoms with van der Waals surface area (Å²) < 4.78 is 4.77. The van der Waals surface area contributed by atoms with E-state index in [1.807, 2.05) is 42.5 Å². The molecule has 4 heteroatoms. The van der Waals surface area contributed by atoms with Gasteiger partial charge in [-0.15, -0.1) is 0 Å². The predicted octanol–water partition coefficient (Wildman–Crippen LogP) is 2.58. The zero-order chi connectivity index (χ0) is 14.5. The third kappa shape index (κ3) is 2.96. The molecule has 2 rings (SSSR count). The lowest BCUT2D eigenvalue weighted by atomic mass is 10.0. The molecule has 20 heavy (non-hydrogen) atoms. The van der Waals surface area contributed by atoms with Crippen molar-refractivity contribution in [1.82, 2.24) is 5.32 Å². The van der Waals surface area contributed by atoms with E-state index in [1.54, 1.807) is 6.92 Å². The molecular weight excluding hydrogens is 254 g/mol. The Balaban J connectivity index is 2.39. The highest BCUT2D eigenvalue weighted by molar-refractivity contribution is 5.88. The third-order valence-corrected chi connectivity index (χ3v) is 3.17. The lowest BCUT2D eigenvalue weighted by Crippen LogP contribution is -2.34. The van der Waals surface area contributed by atoms with Gasteiger partial charge in [0, 0.05) is 6.42 Å². The summed E-state index contributed by atoms with van der Waals surface area (Å²) in [6.07, 6.45) is 0.321. The van der Waals surface area contributed by atoms with Gasteiger partial charge in [-0.25, -0.2) is 4.79 Å². The first-order valence-corrected chi connectivity index (χ1v) is 6.51. The number of carbonyl (C=O) groups is 2. The van der Waals surface area contributed by atoms with Gasteiger partial charge >= 0.3 is 5.97 Å². The lowest BCUT2D eigenvalue weighted by molar-refractivity contribution is -0.145. The smallest absolute Gasteiger partial charge is 0.333 e. The first-order valence-electron chi connectivity index (χ1n) is 6.51. The number of ether oxygens (including phenoxy) is 1. The topological polar surface area (TPSA) is 55.4 Å². The minimum Gasteiger partial charge on any atom is -0.467 e. The highest BCUT2D eigenvalue weighted by Crippen LogP contribution is 2.21. The van der Waals surface area contributed by atoms with Gasteiger partial charge < -0.3 is 10.1 Å². The maximum atomic E-state index is 11.9. The van der Waals surface area contributed by atoms with Gasteiger partial charge in [-0.2, -0.15) is 0 Å². The van der Waals surface area contributed by atoms with E-state index >= 15 is 0 Å². The lowest BCUT2D eigenvalue weighted by Gasteiger charge is -2.17. The van der Waals surface area contributed by atoms with Crippen LogP contribution < -0.4 is 5.32 Å². The monoisotopic (exact) mass is 271 g/mol. The number of amides is 1. The average Bonchev–Trinajstić information content (AvgIpc) is 2.51. The quantitative estimate of drug-likeness (QED) is 0.870. The van der Waals surface area contributed by atoms with Crippen LogP contribution in [0.4, 0.5) is 0 Å². The van der Waals surface area contributed by atoms with E-state index in [1.165, 1.54) is 7.11 Å². The summed E-state index contributed by atoms with van der Waals surface area (Å²) in [5, 5.41) is 4.79. The highest BCUT2D eigenvalue weighted by Gasteiger charge is 2.23. The van der Waals surface area contributed by atoms with Crippen LogP contribution in [0.2, 0.25) is 0 Å². The van der Waals surface area contributed by atoms with Gasteiger partial charge in [0.05, 0.1) is 7.11 Å². The van der Waals surface area contributed by atoms with Crippen LogP contribution in [0.15, 0.2) is 42.5 Å². The van der Waals surface area contributed by atoms with Crippen molar-refractivity contribution >= 4 is 22.6 Å². The number of fused-ring (bicyclic) bond motifs is 1. The fourth-order valence-corrected chi connectivity index (χ4v) is 2.05. The zero-order valence-corrected chi connectivity index (χ0v) is 11.6. The van der Waals surface area contributed by atoms with Crippen LogP contribution in [-0.4, -0.2) is 19.0 Å². The molecule has 0 aliphatic heterocycles. The molecule has 0 aliphatic rings. The summed E-state index contributed by atoms with van der Waals surface area (Å²) in [6.45, 7) is 1.74. The van der Waals surface area contributed by atoms with E-state index in [0.717, 1.165) is 16.3 Å². The van der Waals surface area contributed by atoms with E-state index in [9.17, 15) is 9.59 Å². The minimum absolute atomic E-state index is 0.187. The van der Waals surface area contributed by atoms with Crippen molar-refractivity contribution in [2.75, 3.05) is 7.11 Å². The Hall–Kier alpha value is -2.36. The molecule has 0 aliphatic carbocycles. The number of esters is 1. The first-order chi connectivity index (χ1) is 9.65. The van der Waals surface area contributed by atoms with Gasteiger partial charge in [-0.05, 0) is 22.4 Å². The summed E-state index contributed by atoms with van der Waals surface area (Å²) >= 11 is 0. The van der Waals surface area contributed by atoms with Crippen molar-refractivity contribution < 1.29 is 14.3 Å². The van der Waals surface area contributed by atoms with E-state index in [0.29, 0.717) is 6.42 Å². The third-order valence-electron chi connectivity index (χ3n) is 3.17. The van der Waals surface area contributed by atoms with E-state index in [4.69, 9.17) is 4.74 Å². The van der Waals surface area contributed by atoms with Crippen LogP contribution in [0.3, 0.4) is 0 Å². The molecule has 4 nitrogen and oxygen atoms in total. The van der Waals surface area contributed by atoms with Crippen LogP contribution in [0.1, 0.15) is 24.9 Å². The van der Waals surface area contributed by atoms with Gasteiger partial charge in [0.15, 0.2) is 6.04 Å². The molecule has 0 aromatic heterocycles. The van der Waals surface area contributed by atoms with Crippen LogP contribution in [-0.2, 0) is 14.3 Å². The van der Waals surface area contributed by atoms with Gasteiger partial charge in [-0.1, -0.05) is 43.3 Å². The van der Waals surface area contributed by atoms with Crippen LogP contribution in [0, 0.1) is 0 Å². The van der Waals surface area contributed by atoms with E-state index < -0.39 is 12.0 Å². The molecule has 0 radical (unpaired) electrons. The Morgan fingerprint density at radius 1 is 1.15 bits per heavy atom. The second kappa shape index (κ2) is 6.19. The van der Waals surface area contributed by atoms with Gasteiger partial charge in [0.25, 0.3) is 0 Å². The first kappa shape index (κ1) is 14.1. The molecule has 2 aromatic rings. The predicted molar refractivity (Wildman–Crippen MR) is 77.1 cm³/mol. The zero-order valence-electron chi connectivity index (χ0n) is 11.6. The summed E-state index contributed by atoms with van der Waals surface area (Å²) in [5.74, 6) is -0.657. The molecule has 104 valence electrons. The number of carbonyl (C=O) groups excluding carboxylic acids is 2. The molecule has 0 unspecified atom stereocenters.